The lowest BCUT2D eigenvalue weighted by atomic mass is 9.97. The maximum atomic E-state index is 12.8. The highest BCUT2D eigenvalue weighted by Crippen LogP contribution is 2.10. The van der Waals surface area contributed by atoms with Crippen molar-refractivity contribution in [1.82, 2.24) is 25.9 Å². The summed E-state index contributed by atoms with van der Waals surface area (Å²) in [6.07, 6.45) is 3.45. The lowest BCUT2D eigenvalue weighted by molar-refractivity contribution is -0.142. The Morgan fingerprint density at radius 3 is 2.33 bits per heavy atom. The number of amides is 3. The van der Waals surface area contributed by atoms with E-state index in [1.54, 1.807) is 6.92 Å². The lowest BCUT2D eigenvalue weighted by Crippen LogP contribution is -2.58. The molecule has 0 spiro atoms. The van der Waals surface area contributed by atoms with E-state index in [9.17, 15) is 24.3 Å². The molecular formula is C18H30N6O5S. The molecule has 0 aliphatic rings. The smallest absolute Gasteiger partial charge is 0.326 e. The molecule has 12 heteroatoms. The van der Waals surface area contributed by atoms with E-state index in [0.29, 0.717) is 12.1 Å². The van der Waals surface area contributed by atoms with Crippen LogP contribution in [0.25, 0.3) is 0 Å². The van der Waals surface area contributed by atoms with Crippen LogP contribution in [0.5, 0.6) is 0 Å². The molecule has 7 N–H and O–H groups in total. The summed E-state index contributed by atoms with van der Waals surface area (Å²) in [5.74, 6) is -3.13. The number of imidazole rings is 1. The number of carboxylic acids is 1. The Labute approximate surface area is 180 Å². The van der Waals surface area contributed by atoms with Crippen molar-refractivity contribution in [2.75, 3.05) is 5.75 Å². The maximum Gasteiger partial charge on any atom is 0.326 e. The van der Waals surface area contributed by atoms with Crippen molar-refractivity contribution in [3.63, 3.8) is 0 Å². The monoisotopic (exact) mass is 442 g/mol. The number of nitrogens with two attached hydrogens (primary N) is 1. The van der Waals surface area contributed by atoms with E-state index >= 15 is 0 Å². The number of rotatable bonds is 12. The fourth-order valence-corrected chi connectivity index (χ4v) is 2.69. The summed E-state index contributed by atoms with van der Waals surface area (Å²) < 4.78 is 0. The topological polar surface area (TPSA) is 179 Å². The first kappa shape index (κ1) is 25.4. The van der Waals surface area contributed by atoms with Crippen molar-refractivity contribution in [2.45, 2.75) is 57.8 Å². The van der Waals surface area contributed by atoms with E-state index in [-0.39, 0.29) is 18.1 Å². The van der Waals surface area contributed by atoms with E-state index in [4.69, 9.17) is 5.73 Å². The number of carboxylic acid groups (broad SMARTS) is 1. The van der Waals surface area contributed by atoms with Crippen LogP contribution in [0.2, 0.25) is 0 Å². The van der Waals surface area contributed by atoms with Gasteiger partial charge in [0.25, 0.3) is 0 Å². The third-order valence-corrected chi connectivity index (χ3v) is 5.07. The minimum Gasteiger partial charge on any atom is -0.480 e. The van der Waals surface area contributed by atoms with Crippen molar-refractivity contribution < 1.29 is 24.3 Å². The van der Waals surface area contributed by atoms with Crippen LogP contribution in [0.1, 0.15) is 32.9 Å². The molecule has 168 valence electrons. The first-order valence-electron chi connectivity index (χ1n) is 9.58. The van der Waals surface area contributed by atoms with Gasteiger partial charge in [-0.1, -0.05) is 20.3 Å². The average molecular weight is 443 g/mol. The van der Waals surface area contributed by atoms with Gasteiger partial charge in [0.2, 0.25) is 17.7 Å². The molecule has 0 saturated carbocycles. The van der Waals surface area contributed by atoms with E-state index in [2.05, 4.69) is 38.5 Å². The van der Waals surface area contributed by atoms with Gasteiger partial charge in [0.1, 0.15) is 18.1 Å². The molecule has 0 aliphatic carbocycles. The van der Waals surface area contributed by atoms with Gasteiger partial charge in [0.05, 0.1) is 12.4 Å². The number of thiol groups is 1. The van der Waals surface area contributed by atoms with Gasteiger partial charge in [0, 0.05) is 24.1 Å². The molecule has 0 bridgehead atoms. The minimum atomic E-state index is -1.21. The number of carbonyl (C=O) groups excluding carboxylic acids is 3. The largest absolute Gasteiger partial charge is 0.480 e. The molecule has 5 atom stereocenters. The van der Waals surface area contributed by atoms with Gasteiger partial charge < -0.3 is 31.8 Å². The zero-order chi connectivity index (χ0) is 22.8. The third kappa shape index (κ3) is 7.67. The number of aromatic amines is 1. The fraction of sp³-hybridized carbons (Fsp3) is 0.611. The number of hydrogen-bond donors (Lipinski definition) is 7. The highest BCUT2D eigenvalue weighted by Gasteiger charge is 2.31. The Morgan fingerprint density at radius 2 is 1.83 bits per heavy atom. The number of hydrogen-bond acceptors (Lipinski definition) is 7. The highest BCUT2D eigenvalue weighted by atomic mass is 32.1. The summed E-state index contributed by atoms with van der Waals surface area (Å²) in [5.41, 5.74) is 6.12. The first-order valence-corrected chi connectivity index (χ1v) is 10.2. The first-order chi connectivity index (χ1) is 14.1. The Hall–Kier alpha value is -2.60. The van der Waals surface area contributed by atoms with Crippen LogP contribution in [0.4, 0.5) is 0 Å². The molecule has 1 aromatic rings. The van der Waals surface area contributed by atoms with Gasteiger partial charge in [-0.25, -0.2) is 9.78 Å². The Morgan fingerprint density at radius 1 is 1.17 bits per heavy atom. The molecule has 0 fully saturated rings. The molecule has 5 unspecified atom stereocenters. The SMILES string of the molecule is CCC(C)C(NC(=O)C(C)NC(=O)C(N)CS)C(=O)NC(Cc1cnc[nH]1)C(=O)O. The summed E-state index contributed by atoms with van der Waals surface area (Å²) in [7, 11) is 0. The predicted molar refractivity (Wildman–Crippen MR) is 113 cm³/mol. The number of nitrogens with zero attached hydrogens (tertiary/aromatic N) is 1. The Balaban J connectivity index is 2.83. The Kier molecular flexibility index (Phi) is 10.3. The second-order valence-electron chi connectivity index (χ2n) is 7.07. The van der Waals surface area contributed by atoms with Crippen molar-refractivity contribution in [1.29, 1.82) is 0 Å². The summed E-state index contributed by atoms with van der Waals surface area (Å²) in [5, 5.41) is 17.0. The zero-order valence-corrected chi connectivity index (χ0v) is 18.1. The van der Waals surface area contributed by atoms with E-state index in [0.717, 1.165) is 0 Å². The fourth-order valence-electron chi connectivity index (χ4n) is 2.53. The summed E-state index contributed by atoms with van der Waals surface area (Å²) in [6.45, 7) is 5.06. The average Bonchev–Trinajstić information content (AvgIpc) is 3.22. The summed E-state index contributed by atoms with van der Waals surface area (Å²) in [6, 6.07) is -3.99. The van der Waals surface area contributed by atoms with Crippen molar-refractivity contribution in [2.24, 2.45) is 11.7 Å². The second-order valence-corrected chi connectivity index (χ2v) is 7.44. The predicted octanol–water partition coefficient (Wildman–Crippen LogP) is -1.19. The van der Waals surface area contributed by atoms with Crippen molar-refractivity contribution >= 4 is 36.3 Å². The van der Waals surface area contributed by atoms with E-state index in [1.807, 2.05) is 6.92 Å². The number of aliphatic carboxylic acids is 1. The molecule has 0 radical (unpaired) electrons. The minimum absolute atomic E-state index is 0.0102. The van der Waals surface area contributed by atoms with Gasteiger partial charge in [-0.3, -0.25) is 14.4 Å². The van der Waals surface area contributed by atoms with Crippen LogP contribution in [0, 0.1) is 5.92 Å². The molecule has 1 aromatic heterocycles. The highest BCUT2D eigenvalue weighted by molar-refractivity contribution is 7.80. The molecule has 30 heavy (non-hydrogen) atoms. The molecular weight excluding hydrogens is 412 g/mol. The van der Waals surface area contributed by atoms with Gasteiger partial charge >= 0.3 is 5.97 Å². The van der Waals surface area contributed by atoms with Gasteiger partial charge in [-0.15, -0.1) is 0 Å². The number of carbonyl (C=O) groups is 4. The number of nitrogens with one attached hydrogen (secondary N) is 4. The normalized spacial score (nSPS) is 15.9. The number of H-pyrrole nitrogens is 1. The molecule has 1 rings (SSSR count). The van der Waals surface area contributed by atoms with Crippen LogP contribution in [0.15, 0.2) is 12.5 Å². The van der Waals surface area contributed by atoms with Crippen LogP contribution in [-0.2, 0) is 25.6 Å². The van der Waals surface area contributed by atoms with Gasteiger partial charge in [0.15, 0.2) is 0 Å². The van der Waals surface area contributed by atoms with Crippen LogP contribution in [0.3, 0.4) is 0 Å². The molecule has 0 saturated heterocycles. The van der Waals surface area contributed by atoms with Crippen molar-refractivity contribution in [3.05, 3.63) is 18.2 Å². The number of aromatic nitrogens is 2. The quantitative estimate of drug-likeness (QED) is 0.199. The van der Waals surface area contributed by atoms with Crippen molar-refractivity contribution in [3.8, 4) is 0 Å². The molecule has 11 nitrogen and oxygen atoms in total. The van der Waals surface area contributed by atoms with Gasteiger partial charge in [-0.2, -0.15) is 12.6 Å². The molecule has 0 aliphatic heterocycles. The molecule has 3 amide bonds. The standard InChI is InChI=1S/C18H30N6O5S/c1-4-9(2)14(24-15(25)10(3)22-16(26)12(19)7-30)17(27)23-13(18(28)29)5-11-6-20-8-21-11/h6,8-10,12-14,30H,4-5,7,19H2,1-3H3,(H,20,21)(H,22,26)(H,23,27)(H,24,25)(H,28,29). The maximum absolute atomic E-state index is 12.8. The van der Waals surface area contributed by atoms with Crippen LogP contribution < -0.4 is 21.7 Å². The lowest BCUT2D eigenvalue weighted by Gasteiger charge is -2.27. The summed E-state index contributed by atoms with van der Waals surface area (Å²) >= 11 is 3.94. The second kappa shape index (κ2) is 12.2. The van der Waals surface area contributed by atoms with E-state index in [1.165, 1.54) is 19.4 Å². The zero-order valence-electron chi connectivity index (χ0n) is 17.2. The van der Waals surface area contributed by atoms with Crippen LogP contribution >= 0.6 is 12.6 Å². The van der Waals surface area contributed by atoms with E-state index < -0.39 is 47.9 Å². The van der Waals surface area contributed by atoms with Gasteiger partial charge in [-0.05, 0) is 12.8 Å². The summed E-state index contributed by atoms with van der Waals surface area (Å²) in [4.78, 5) is 55.3. The molecule has 0 aromatic carbocycles. The molecule has 1 heterocycles. The third-order valence-electron chi connectivity index (χ3n) is 4.67. The van der Waals surface area contributed by atoms with Crippen LogP contribution in [-0.4, -0.2) is 68.7 Å². The Bertz CT molecular complexity index is 729.